The summed E-state index contributed by atoms with van der Waals surface area (Å²) in [6, 6.07) is 4.96. The second-order valence-corrected chi connectivity index (χ2v) is 3.22. The van der Waals surface area contributed by atoms with Gasteiger partial charge in [0.05, 0.1) is 6.61 Å². The van der Waals surface area contributed by atoms with Gasteiger partial charge in [-0.15, -0.1) is 0 Å². The van der Waals surface area contributed by atoms with E-state index in [0.717, 1.165) is 0 Å². The van der Waals surface area contributed by atoms with Gasteiger partial charge in [0.15, 0.2) is 0 Å². The molecule has 0 saturated carbocycles. The summed E-state index contributed by atoms with van der Waals surface area (Å²) in [7, 11) is 0. The molecule has 0 atom stereocenters. The van der Waals surface area contributed by atoms with E-state index < -0.39 is 0 Å². The first-order valence-corrected chi connectivity index (χ1v) is 4.30. The molecule has 0 aliphatic rings. The lowest BCUT2D eigenvalue weighted by Gasteiger charge is -2.13. The lowest BCUT2D eigenvalue weighted by atomic mass is 10.1. The molecule has 0 unspecified atom stereocenters. The number of halogens is 1. The van der Waals surface area contributed by atoms with E-state index in [2.05, 4.69) is 5.32 Å². The second kappa shape index (κ2) is 4.23. The van der Waals surface area contributed by atoms with E-state index in [0.29, 0.717) is 11.3 Å². The molecule has 0 aliphatic heterocycles. The fourth-order valence-electron chi connectivity index (χ4n) is 1.17. The highest BCUT2D eigenvalue weighted by Gasteiger charge is 2.07. The van der Waals surface area contributed by atoms with Crippen LogP contribution in [0, 0.1) is 5.82 Å². The van der Waals surface area contributed by atoms with Gasteiger partial charge in [0.2, 0.25) is 0 Å². The smallest absolute Gasteiger partial charge is 0.130 e. The number of hydrogen-bond donors (Lipinski definition) is 2. The maximum Gasteiger partial charge on any atom is 0.130 e. The summed E-state index contributed by atoms with van der Waals surface area (Å²) >= 11 is 0. The Morgan fingerprint density at radius 2 is 2.15 bits per heavy atom. The highest BCUT2D eigenvalue weighted by molar-refractivity contribution is 5.51. The Labute approximate surface area is 77.4 Å². The zero-order valence-corrected chi connectivity index (χ0v) is 7.84. The highest BCUT2D eigenvalue weighted by atomic mass is 19.1. The summed E-state index contributed by atoms with van der Waals surface area (Å²) in [6.45, 7) is 3.65. The first-order chi connectivity index (χ1) is 6.15. The molecular weight excluding hydrogens is 169 g/mol. The van der Waals surface area contributed by atoms with Crippen molar-refractivity contribution in [3.05, 3.63) is 29.6 Å². The summed E-state index contributed by atoms with van der Waals surface area (Å²) in [5.74, 6) is -0.367. The number of nitrogens with one attached hydrogen (secondary N) is 1. The van der Waals surface area contributed by atoms with Gasteiger partial charge in [0, 0.05) is 17.3 Å². The first kappa shape index (κ1) is 9.99. The maximum absolute atomic E-state index is 13.1. The van der Waals surface area contributed by atoms with Crippen LogP contribution in [0.3, 0.4) is 0 Å². The molecule has 13 heavy (non-hydrogen) atoms. The van der Waals surface area contributed by atoms with Crippen molar-refractivity contribution >= 4 is 5.69 Å². The van der Waals surface area contributed by atoms with E-state index in [-0.39, 0.29) is 18.5 Å². The van der Waals surface area contributed by atoms with Gasteiger partial charge in [0.25, 0.3) is 0 Å². The van der Waals surface area contributed by atoms with Gasteiger partial charge in [-0.3, -0.25) is 0 Å². The molecule has 0 heterocycles. The summed E-state index contributed by atoms with van der Waals surface area (Å²) in [5, 5.41) is 12.0. The predicted molar refractivity (Wildman–Crippen MR) is 51.1 cm³/mol. The zero-order valence-electron chi connectivity index (χ0n) is 7.84. The molecule has 2 nitrogen and oxygen atoms in total. The third kappa shape index (κ3) is 2.42. The summed E-state index contributed by atoms with van der Waals surface area (Å²) < 4.78 is 13.1. The monoisotopic (exact) mass is 183 g/mol. The fourth-order valence-corrected chi connectivity index (χ4v) is 1.17. The third-order valence-electron chi connectivity index (χ3n) is 1.72. The van der Waals surface area contributed by atoms with Crippen molar-refractivity contribution in [1.82, 2.24) is 0 Å². The van der Waals surface area contributed by atoms with Crippen LogP contribution in [0.4, 0.5) is 10.1 Å². The zero-order chi connectivity index (χ0) is 9.84. The Bertz CT molecular complexity index is 286. The van der Waals surface area contributed by atoms with Crippen LogP contribution in [0.15, 0.2) is 18.2 Å². The van der Waals surface area contributed by atoms with Gasteiger partial charge in [-0.05, 0) is 26.0 Å². The molecule has 0 aliphatic carbocycles. The average Bonchev–Trinajstić information content (AvgIpc) is 2.03. The van der Waals surface area contributed by atoms with Gasteiger partial charge in [-0.25, -0.2) is 4.39 Å². The molecule has 1 rings (SSSR count). The Kier molecular flexibility index (Phi) is 3.25. The molecule has 3 heteroatoms. The first-order valence-electron chi connectivity index (χ1n) is 4.30. The quantitative estimate of drug-likeness (QED) is 0.752. The molecule has 0 fully saturated rings. The van der Waals surface area contributed by atoms with Crippen LogP contribution in [0.2, 0.25) is 0 Å². The molecule has 0 amide bonds. The van der Waals surface area contributed by atoms with Crippen LogP contribution in [-0.2, 0) is 6.61 Å². The van der Waals surface area contributed by atoms with E-state index >= 15 is 0 Å². The lowest BCUT2D eigenvalue weighted by molar-refractivity contribution is 0.276. The van der Waals surface area contributed by atoms with E-state index in [4.69, 9.17) is 5.11 Å². The van der Waals surface area contributed by atoms with Crippen molar-refractivity contribution < 1.29 is 9.50 Å². The number of aliphatic hydroxyl groups is 1. The summed E-state index contributed by atoms with van der Waals surface area (Å²) in [5.41, 5.74) is 0.994. The summed E-state index contributed by atoms with van der Waals surface area (Å²) in [6.07, 6.45) is 0. The van der Waals surface area contributed by atoms with Crippen molar-refractivity contribution in [1.29, 1.82) is 0 Å². The SMILES string of the molecule is CC(C)Nc1cccc(F)c1CO. The normalized spacial score (nSPS) is 10.5. The van der Waals surface area contributed by atoms with Gasteiger partial charge in [0.1, 0.15) is 5.82 Å². The highest BCUT2D eigenvalue weighted by Crippen LogP contribution is 2.19. The van der Waals surface area contributed by atoms with Gasteiger partial charge in [-0.1, -0.05) is 6.07 Å². The minimum atomic E-state index is -0.367. The van der Waals surface area contributed by atoms with Crippen molar-refractivity contribution in [2.24, 2.45) is 0 Å². The largest absolute Gasteiger partial charge is 0.391 e. The van der Waals surface area contributed by atoms with Crippen molar-refractivity contribution in [3.63, 3.8) is 0 Å². The Morgan fingerprint density at radius 3 is 2.69 bits per heavy atom. The van der Waals surface area contributed by atoms with Crippen LogP contribution in [0.25, 0.3) is 0 Å². The van der Waals surface area contributed by atoms with Gasteiger partial charge >= 0.3 is 0 Å². The number of aliphatic hydroxyl groups excluding tert-OH is 1. The van der Waals surface area contributed by atoms with Crippen LogP contribution < -0.4 is 5.32 Å². The minimum Gasteiger partial charge on any atom is -0.391 e. The van der Waals surface area contributed by atoms with Crippen molar-refractivity contribution in [2.75, 3.05) is 5.32 Å². The topological polar surface area (TPSA) is 32.3 Å². The van der Waals surface area contributed by atoms with Gasteiger partial charge in [-0.2, -0.15) is 0 Å². The third-order valence-corrected chi connectivity index (χ3v) is 1.72. The van der Waals surface area contributed by atoms with Gasteiger partial charge < -0.3 is 10.4 Å². The van der Waals surface area contributed by atoms with Crippen LogP contribution >= 0.6 is 0 Å². The van der Waals surface area contributed by atoms with E-state index in [9.17, 15) is 4.39 Å². The molecule has 0 spiro atoms. The van der Waals surface area contributed by atoms with Crippen LogP contribution in [-0.4, -0.2) is 11.1 Å². The molecule has 0 saturated heterocycles. The fraction of sp³-hybridized carbons (Fsp3) is 0.400. The molecule has 0 aromatic heterocycles. The number of hydrogen-bond acceptors (Lipinski definition) is 2. The molecular formula is C10H14FNO. The van der Waals surface area contributed by atoms with E-state index in [1.54, 1.807) is 12.1 Å². The summed E-state index contributed by atoms with van der Waals surface area (Å²) in [4.78, 5) is 0. The van der Waals surface area contributed by atoms with E-state index in [1.165, 1.54) is 6.07 Å². The van der Waals surface area contributed by atoms with Crippen LogP contribution in [0.1, 0.15) is 19.4 Å². The molecule has 1 aromatic carbocycles. The molecule has 1 aromatic rings. The predicted octanol–water partition coefficient (Wildman–Crippen LogP) is 2.14. The lowest BCUT2D eigenvalue weighted by Crippen LogP contribution is -2.12. The second-order valence-electron chi connectivity index (χ2n) is 3.22. The molecule has 0 bridgehead atoms. The van der Waals surface area contributed by atoms with Crippen molar-refractivity contribution in [2.45, 2.75) is 26.5 Å². The standard InChI is InChI=1S/C10H14FNO/c1-7(2)12-10-5-3-4-9(11)8(10)6-13/h3-5,7,12-13H,6H2,1-2H3. The molecule has 72 valence electrons. The Hall–Kier alpha value is -1.09. The molecule has 0 radical (unpaired) electrons. The number of anilines is 1. The number of benzene rings is 1. The molecule has 2 N–H and O–H groups in total. The Morgan fingerprint density at radius 1 is 1.46 bits per heavy atom. The van der Waals surface area contributed by atoms with E-state index in [1.807, 2.05) is 13.8 Å². The Balaban J connectivity index is 2.98. The van der Waals surface area contributed by atoms with Crippen LogP contribution in [0.5, 0.6) is 0 Å². The average molecular weight is 183 g/mol. The maximum atomic E-state index is 13.1. The number of rotatable bonds is 3. The minimum absolute atomic E-state index is 0.229. The van der Waals surface area contributed by atoms with Crippen molar-refractivity contribution in [3.8, 4) is 0 Å².